The van der Waals surface area contributed by atoms with E-state index >= 15 is 0 Å². The van der Waals surface area contributed by atoms with Gasteiger partial charge >= 0.3 is 0 Å². The predicted octanol–water partition coefficient (Wildman–Crippen LogP) is 6.06. The fraction of sp³-hybridized carbons (Fsp3) is 0.281. The van der Waals surface area contributed by atoms with Crippen molar-refractivity contribution in [2.24, 2.45) is 5.92 Å². The highest BCUT2D eigenvalue weighted by molar-refractivity contribution is 6.09. The number of benzene rings is 3. The van der Waals surface area contributed by atoms with Crippen molar-refractivity contribution in [3.05, 3.63) is 88.5 Å². The third-order valence-electron chi connectivity index (χ3n) is 7.04. The number of rotatable bonds is 9. The minimum Gasteiger partial charge on any atom is -0.493 e. The van der Waals surface area contributed by atoms with Crippen molar-refractivity contribution in [2.45, 2.75) is 20.4 Å². The maximum atomic E-state index is 13.4. The number of methoxy groups -OCH3 is 3. The van der Waals surface area contributed by atoms with E-state index < -0.39 is 0 Å². The van der Waals surface area contributed by atoms with E-state index in [0.717, 1.165) is 44.7 Å². The molecule has 0 radical (unpaired) electrons. The topological polar surface area (TPSA) is 60.0 Å². The molecule has 1 unspecified atom stereocenters. The lowest BCUT2D eigenvalue weighted by atomic mass is 9.92. The minimum atomic E-state index is -0.333. The van der Waals surface area contributed by atoms with Gasteiger partial charge in [0.05, 0.1) is 27.2 Å². The first-order valence-electron chi connectivity index (χ1n) is 12.7. The Kier molecular flexibility index (Phi) is 8.10. The van der Waals surface area contributed by atoms with Gasteiger partial charge in [-0.1, -0.05) is 36.4 Å². The number of amides is 1. The molecule has 198 valence electrons. The summed E-state index contributed by atoms with van der Waals surface area (Å²) in [6.07, 6.45) is 2.12. The van der Waals surface area contributed by atoms with Crippen LogP contribution in [0.2, 0.25) is 0 Å². The predicted molar refractivity (Wildman–Crippen MR) is 155 cm³/mol. The molecule has 1 amide bonds. The highest BCUT2D eigenvalue weighted by atomic mass is 16.5. The fourth-order valence-electron chi connectivity index (χ4n) is 4.98. The quantitative estimate of drug-likeness (QED) is 0.378. The normalized spacial score (nSPS) is 14.2. The number of carbonyl (C=O) groups excluding carboxylic acids is 1. The van der Waals surface area contributed by atoms with Crippen LogP contribution in [-0.4, -0.2) is 41.3 Å². The number of anilines is 1. The molecule has 0 spiro atoms. The van der Waals surface area contributed by atoms with Crippen molar-refractivity contribution in [1.29, 1.82) is 0 Å². The number of nitrogens with zero attached hydrogens (tertiary/aromatic N) is 1. The summed E-state index contributed by atoms with van der Waals surface area (Å²) < 4.78 is 16.6. The molecular weight excluding hydrogens is 476 g/mol. The number of allylic oxidation sites excluding steroid dienone is 2. The molecule has 1 atom stereocenters. The van der Waals surface area contributed by atoms with E-state index in [0.29, 0.717) is 23.8 Å². The molecule has 0 aromatic heterocycles. The Bertz CT molecular complexity index is 1360. The van der Waals surface area contributed by atoms with Gasteiger partial charge in [0.1, 0.15) is 0 Å². The molecule has 3 aromatic rings. The van der Waals surface area contributed by atoms with Gasteiger partial charge in [-0.3, -0.25) is 4.79 Å². The summed E-state index contributed by atoms with van der Waals surface area (Å²) in [5.41, 5.74) is 8.42. The zero-order valence-corrected chi connectivity index (χ0v) is 23.2. The second-order valence-corrected chi connectivity index (χ2v) is 9.60. The van der Waals surface area contributed by atoms with Crippen LogP contribution in [0.25, 0.3) is 17.2 Å². The Morgan fingerprint density at radius 3 is 2.16 bits per heavy atom. The zero-order valence-electron chi connectivity index (χ0n) is 23.2. The molecule has 6 nitrogen and oxygen atoms in total. The standard InChI is InChI=1S/C32H36N2O4/c1-20-26(15-23-16-28(36-5)31(38-7)29(17-23)37-6)25-14-13-24(34(3)4)18-27(25)30(20)21(2)32(35)33-19-22-11-9-8-10-12-22/h8-18,21H,19H2,1-7H3,(H,33,35). The average molecular weight is 513 g/mol. The van der Waals surface area contributed by atoms with Crippen molar-refractivity contribution in [1.82, 2.24) is 5.32 Å². The Morgan fingerprint density at radius 2 is 1.58 bits per heavy atom. The van der Waals surface area contributed by atoms with Crippen LogP contribution < -0.4 is 24.4 Å². The van der Waals surface area contributed by atoms with E-state index in [4.69, 9.17) is 14.2 Å². The summed E-state index contributed by atoms with van der Waals surface area (Å²) >= 11 is 0. The maximum Gasteiger partial charge on any atom is 0.227 e. The van der Waals surface area contributed by atoms with Gasteiger partial charge in [0.2, 0.25) is 11.7 Å². The largest absolute Gasteiger partial charge is 0.493 e. The monoisotopic (exact) mass is 512 g/mol. The van der Waals surface area contributed by atoms with E-state index in [9.17, 15) is 4.79 Å². The molecule has 0 fully saturated rings. The van der Waals surface area contributed by atoms with Crippen LogP contribution in [0.5, 0.6) is 17.2 Å². The van der Waals surface area contributed by atoms with Gasteiger partial charge in [-0.05, 0) is 83.2 Å². The Labute approximate surface area is 225 Å². The van der Waals surface area contributed by atoms with E-state index in [1.807, 2.05) is 63.5 Å². The van der Waals surface area contributed by atoms with Gasteiger partial charge in [0.15, 0.2) is 11.5 Å². The van der Waals surface area contributed by atoms with Crippen LogP contribution in [0.4, 0.5) is 5.69 Å². The number of ether oxygens (including phenoxy) is 3. The third-order valence-corrected chi connectivity index (χ3v) is 7.04. The molecular formula is C32H36N2O4. The van der Waals surface area contributed by atoms with E-state index in [1.54, 1.807) is 21.3 Å². The van der Waals surface area contributed by atoms with Gasteiger partial charge in [-0.2, -0.15) is 0 Å². The van der Waals surface area contributed by atoms with E-state index in [1.165, 1.54) is 0 Å². The van der Waals surface area contributed by atoms with Crippen LogP contribution >= 0.6 is 0 Å². The summed E-state index contributed by atoms with van der Waals surface area (Å²) in [5, 5.41) is 3.12. The maximum absolute atomic E-state index is 13.4. The molecule has 1 aliphatic rings. The average Bonchev–Trinajstić information content (AvgIpc) is 3.21. The van der Waals surface area contributed by atoms with Gasteiger partial charge < -0.3 is 24.4 Å². The van der Waals surface area contributed by atoms with Crippen molar-refractivity contribution >= 4 is 28.8 Å². The lowest BCUT2D eigenvalue weighted by Crippen LogP contribution is -2.29. The van der Waals surface area contributed by atoms with Crippen LogP contribution in [-0.2, 0) is 11.3 Å². The van der Waals surface area contributed by atoms with E-state index in [-0.39, 0.29) is 11.8 Å². The molecule has 0 saturated carbocycles. The van der Waals surface area contributed by atoms with Gasteiger partial charge in [0, 0.05) is 26.3 Å². The second kappa shape index (κ2) is 11.5. The van der Waals surface area contributed by atoms with Crippen LogP contribution in [0, 0.1) is 5.92 Å². The minimum absolute atomic E-state index is 0.00144. The van der Waals surface area contributed by atoms with Crippen molar-refractivity contribution in [3.63, 3.8) is 0 Å². The molecule has 0 aliphatic heterocycles. The second-order valence-electron chi connectivity index (χ2n) is 9.60. The van der Waals surface area contributed by atoms with E-state index in [2.05, 4.69) is 41.4 Å². The lowest BCUT2D eigenvalue weighted by molar-refractivity contribution is -0.123. The highest BCUT2D eigenvalue weighted by Gasteiger charge is 2.31. The summed E-state index contributed by atoms with van der Waals surface area (Å²) in [6, 6.07) is 20.3. The van der Waals surface area contributed by atoms with Gasteiger partial charge in [-0.15, -0.1) is 0 Å². The SMILES string of the molecule is COc1cc(C=C2C(C)=C(C(C)C(=O)NCc3ccccc3)c3cc(N(C)C)ccc32)cc(OC)c1OC. The summed E-state index contributed by atoms with van der Waals surface area (Å²) in [5.74, 6) is 1.40. The van der Waals surface area contributed by atoms with Crippen LogP contribution in [0.1, 0.15) is 36.1 Å². The Hall–Kier alpha value is -4.19. The van der Waals surface area contributed by atoms with Crippen LogP contribution in [0.15, 0.2) is 66.2 Å². The number of fused-ring (bicyclic) bond motifs is 1. The molecule has 0 heterocycles. The van der Waals surface area contributed by atoms with Crippen molar-refractivity contribution < 1.29 is 19.0 Å². The number of hydrogen-bond donors (Lipinski definition) is 1. The first kappa shape index (κ1) is 26.9. The summed E-state index contributed by atoms with van der Waals surface area (Å²) in [4.78, 5) is 15.4. The summed E-state index contributed by atoms with van der Waals surface area (Å²) in [6.45, 7) is 4.57. The molecule has 3 aromatic carbocycles. The molecule has 1 aliphatic carbocycles. The zero-order chi connectivity index (χ0) is 27.4. The fourth-order valence-corrected chi connectivity index (χ4v) is 4.98. The molecule has 6 heteroatoms. The molecule has 38 heavy (non-hydrogen) atoms. The molecule has 0 saturated heterocycles. The number of hydrogen-bond acceptors (Lipinski definition) is 5. The Balaban J connectivity index is 1.78. The smallest absolute Gasteiger partial charge is 0.227 e. The first-order valence-corrected chi connectivity index (χ1v) is 12.7. The first-order chi connectivity index (χ1) is 18.3. The highest BCUT2D eigenvalue weighted by Crippen LogP contribution is 2.47. The Morgan fingerprint density at radius 1 is 0.921 bits per heavy atom. The lowest BCUT2D eigenvalue weighted by Gasteiger charge is -2.18. The molecule has 1 N–H and O–H groups in total. The van der Waals surface area contributed by atoms with Gasteiger partial charge in [-0.25, -0.2) is 0 Å². The molecule has 0 bridgehead atoms. The number of carbonyl (C=O) groups is 1. The van der Waals surface area contributed by atoms with Crippen molar-refractivity contribution in [3.8, 4) is 17.2 Å². The molecule has 4 rings (SSSR count). The summed E-state index contributed by atoms with van der Waals surface area (Å²) in [7, 11) is 8.87. The van der Waals surface area contributed by atoms with Gasteiger partial charge in [0.25, 0.3) is 0 Å². The third kappa shape index (κ3) is 5.25. The van der Waals surface area contributed by atoms with Crippen molar-refractivity contribution in [2.75, 3.05) is 40.3 Å². The van der Waals surface area contributed by atoms with Crippen LogP contribution in [0.3, 0.4) is 0 Å². The number of nitrogens with one attached hydrogen (secondary N) is 1.